The van der Waals surface area contributed by atoms with E-state index in [-0.39, 0.29) is 106 Å². The molecule has 0 aliphatic carbocycles. The first kappa shape index (κ1) is 111. The highest BCUT2D eigenvalue weighted by atomic mass is 19.4. The van der Waals surface area contributed by atoms with Crippen molar-refractivity contribution in [3.8, 4) is 113 Å². The van der Waals surface area contributed by atoms with E-state index in [2.05, 4.69) is 29.9 Å². The molecule has 6 aromatic carbocycles. The lowest BCUT2D eigenvalue weighted by molar-refractivity contribution is -0.157. The Balaban J connectivity index is 0.000000167. The van der Waals surface area contributed by atoms with Gasteiger partial charge in [0, 0.05) is 131 Å². The number of rotatable bonds is 26. The van der Waals surface area contributed by atoms with E-state index in [1.165, 1.54) is 85.6 Å². The van der Waals surface area contributed by atoms with E-state index in [1.54, 1.807) is 82.1 Å². The zero-order valence-corrected chi connectivity index (χ0v) is 77.3. The van der Waals surface area contributed by atoms with Gasteiger partial charge in [-0.05, 0) is 121 Å². The maximum absolute atomic E-state index is 14.1. The number of nitrogens with two attached hydrogens (primary N) is 4. The van der Waals surface area contributed by atoms with Gasteiger partial charge in [0.1, 0.15) is 47.1 Å². The molecule has 16 N–H and O–H groups in total. The molecular formula is C102H86F18N16O14. The first-order chi connectivity index (χ1) is 70.7. The highest BCUT2D eigenvalue weighted by Crippen LogP contribution is 2.48. The first-order valence-electron chi connectivity index (χ1n) is 44.7. The van der Waals surface area contributed by atoms with Crippen LogP contribution in [0.3, 0.4) is 0 Å². The number of nitrogen functional groups attached to an aromatic ring is 4. The van der Waals surface area contributed by atoms with Crippen LogP contribution in [-0.4, -0.2) is 172 Å². The van der Waals surface area contributed by atoms with Gasteiger partial charge in [0.05, 0.1) is 130 Å². The number of aromatic nitrogens is 12. The van der Waals surface area contributed by atoms with E-state index in [1.807, 2.05) is 30.3 Å². The lowest BCUT2D eigenvalue weighted by Gasteiger charge is -2.23. The van der Waals surface area contributed by atoms with Gasteiger partial charge in [0.15, 0.2) is 0 Å². The van der Waals surface area contributed by atoms with E-state index in [9.17, 15) is 129 Å². The smallest absolute Gasteiger partial charge is 0.450 e. The van der Waals surface area contributed by atoms with E-state index in [0.717, 1.165) is 79.1 Å². The summed E-state index contributed by atoms with van der Waals surface area (Å²) in [6.45, 7) is 0. The third kappa shape index (κ3) is 28.6. The average molecular weight is 2100 g/mol. The van der Waals surface area contributed by atoms with Gasteiger partial charge in [0.25, 0.3) is 0 Å². The standard InChI is InChI=1S/C28H25F3N4O4.C28H23F3N4O3.C23H20F6N4O4.C23H18F6N4O3/c29-28(30,31)20-8-4-7-19(13-20)26-25(18-9-11-33-23(32)14-18)34-27(17-5-2-1-3-6-17)35(26)12-10-21(36)15-22(37)16-24(38)39;29-28(30,31)20-8-4-7-19(13-20)26-25(18-9-11-33-23(32)14-18)34-27(17-5-2-1-3-6-17)35(26)12-10-22-15-21(36)16-24(37)38-22;24-22(25,26)14-3-1-2-13(8-14)20-19(12-4-6-31-17(30)9-12)32-21(23(27,28)29)33(20)7-5-15(34)10-16(35)11-18(36)37;24-22(25,26)14-3-1-2-13(8-14)20-19(12-4-6-31-17(30)9-12)32-21(23(27,28)29)33(20)7-5-16-10-15(34)11-18(35)36-16/h1-14,21-22,36-37H,15-16H2,(H2,32,33)(H,38,39);1-14,21-22,36H,15-16H2,(H2,32,33);1-9,15-16,34-35H,10-11H2,(H2,30,31)(H,36,37);1-9,15-16,34H,10-11H2,(H2,30,31). The normalized spacial score (nSPS) is 16.1. The van der Waals surface area contributed by atoms with Crippen LogP contribution in [-0.2, 0) is 65.7 Å². The number of nitrogens with zero attached hydrogens (tertiary/aromatic N) is 12. The van der Waals surface area contributed by atoms with Crippen LogP contribution in [0.2, 0.25) is 0 Å². The summed E-state index contributed by atoms with van der Waals surface area (Å²) in [5, 5.41) is 77.6. The topological polar surface area (TPSA) is 476 Å². The highest BCUT2D eigenvalue weighted by molar-refractivity contribution is 5.89. The fraction of sp³-hybridized carbons (Fsp3) is 0.216. The Hall–Kier alpha value is -16.7. The zero-order valence-electron chi connectivity index (χ0n) is 77.3. The summed E-state index contributed by atoms with van der Waals surface area (Å²) in [4.78, 5) is 77.6. The summed E-state index contributed by atoms with van der Waals surface area (Å²) in [5.74, 6) is -5.67. The number of carboxylic acid groups (broad SMARTS) is 2. The number of aliphatic hydroxyl groups is 6. The third-order valence-electron chi connectivity index (χ3n) is 22.3. The predicted molar refractivity (Wildman–Crippen MR) is 511 cm³/mol. The van der Waals surface area contributed by atoms with Crippen molar-refractivity contribution in [3.05, 3.63) is 289 Å². The number of halogens is 18. The molecular weight excluding hydrogens is 2020 g/mol. The van der Waals surface area contributed by atoms with Crippen LogP contribution in [0.15, 0.2) is 255 Å². The molecule has 0 spiro atoms. The monoisotopic (exact) mass is 2100 g/mol. The minimum absolute atomic E-state index is 0.0370. The summed E-state index contributed by atoms with van der Waals surface area (Å²) in [6.07, 6.45) is -25.4. The maximum atomic E-state index is 14.1. The van der Waals surface area contributed by atoms with E-state index in [0.29, 0.717) is 77.9 Å². The number of carbonyl (C=O) groups is 4. The Labute approximate surface area is 837 Å². The van der Waals surface area contributed by atoms with Gasteiger partial charge in [-0.15, -0.1) is 0 Å². The number of benzene rings is 6. The SMILES string of the molecule is Nc1cc(-c2nc(-c3ccccc3)n(C=CC(O)CC(O)CC(=O)O)c2-c2cccc(C(F)(F)F)c2)ccn1.Nc1cc(-c2nc(-c3ccccc3)n(C=CC3CC(O)CC(=O)O3)c2-c2cccc(C(F)(F)F)c2)ccn1.Nc1cc(-c2nc(C(F)(F)F)n(C=CC(O)CC(O)CC(=O)O)c2-c2cccc(C(F)(F)F)c2)ccn1.Nc1cc(-c2nc(C(F)(F)F)n(C=CC3CC(O)CC(=O)O3)c2-c2cccc(C(F)(F)F)c2)ccn1. The number of hydrogen-bond acceptors (Lipinski definition) is 24. The zero-order chi connectivity index (χ0) is 109. The largest absolute Gasteiger partial charge is 0.481 e. The van der Waals surface area contributed by atoms with Gasteiger partial charge >= 0.3 is 60.9 Å². The van der Waals surface area contributed by atoms with Gasteiger partial charge in [-0.25, -0.2) is 39.9 Å². The molecule has 30 nitrogen and oxygen atoms in total. The first-order valence-corrected chi connectivity index (χ1v) is 44.7. The molecule has 2 aliphatic heterocycles. The molecule has 10 heterocycles. The molecule has 0 saturated carbocycles. The minimum atomic E-state index is -5.08. The van der Waals surface area contributed by atoms with Crippen molar-refractivity contribution in [3.63, 3.8) is 0 Å². The fourth-order valence-corrected chi connectivity index (χ4v) is 15.8. The van der Waals surface area contributed by atoms with Gasteiger partial charge in [-0.2, -0.15) is 79.0 Å². The van der Waals surface area contributed by atoms with Crippen LogP contribution in [0.1, 0.15) is 85.3 Å². The summed E-state index contributed by atoms with van der Waals surface area (Å²) >= 11 is 0. The number of pyridine rings is 4. The van der Waals surface area contributed by atoms with Gasteiger partial charge in [-0.1, -0.05) is 109 Å². The number of carbonyl (C=O) groups excluding carboxylic acids is 2. The Morgan fingerprint density at radius 3 is 0.893 bits per heavy atom. The predicted octanol–water partition coefficient (Wildman–Crippen LogP) is 19.4. The second-order valence-electron chi connectivity index (χ2n) is 33.6. The number of ether oxygens (including phenoxy) is 2. The number of cyclic esters (lactones) is 2. The summed E-state index contributed by atoms with van der Waals surface area (Å²) < 4.78 is 261. The van der Waals surface area contributed by atoms with Crippen molar-refractivity contribution < 1.29 is 149 Å². The molecule has 8 atom stereocenters. The molecule has 16 rings (SSSR count). The molecule has 2 aliphatic rings. The Morgan fingerprint density at radius 2 is 0.613 bits per heavy atom. The van der Waals surface area contributed by atoms with Crippen molar-refractivity contribution in [1.82, 2.24) is 58.1 Å². The minimum Gasteiger partial charge on any atom is -0.481 e. The number of alkyl halides is 18. The molecule has 14 aromatic rings. The molecule has 2 saturated heterocycles. The Morgan fingerprint density at radius 1 is 0.347 bits per heavy atom. The fourth-order valence-electron chi connectivity index (χ4n) is 15.8. The van der Waals surface area contributed by atoms with Crippen molar-refractivity contribution in [1.29, 1.82) is 0 Å². The molecule has 0 radical (unpaired) electrons. The van der Waals surface area contributed by atoms with Crippen LogP contribution in [0, 0.1) is 0 Å². The van der Waals surface area contributed by atoms with Crippen molar-refractivity contribution in [2.45, 2.75) is 137 Å². The Kier molecular flexibility index (Phi) is 34.3. The lowest BCUT2D eigenvalue weighted by Crippen LogP contribution is -2.31. The number of anilines is 4. The van der Waals surface area contributed by atoms with Crippen molar-refractivity contribution in [2.24, 2.45) is 0 Å². The second kappa shape index (κ2) is 46.6. The van der Waals surface area contributed by atoms with Crippen molar-refractivity contribution >= 4 is 71.9 Å². The molecule has 2 fully saturated rings. The van der Waals surface area contributed by atoms with Crippen molar-refractivity contribution in [2.75, 3.05) is 22.9 Å². The highest BCUT2D eigenvalue weighted by Gasteiger charge is 2.44. The van der Waals surface area contributed by atoms with Crippen LogP contribution < -0.4 is 22.9 Å². The molecule has 48 heteroatoms. The van der Waals surface area contributed by atoms with Crippen LogP contribution in [0.5, 0.6) is 0 Å². The number of aliphatic carboxylic acids is 2. The summed E-state index contributed by atoms with van der Waals surface area (Å²) in [5.41, 5.74) is 21.9. The molecule has 150 heavy (non-hydrogen) atoms. The van der Waals surface area contributed by atoms with Gasteiger partial charge < -0.3 is 73.3 Å². The third-order valence-corrected chi connectivity index (χ3v) is 22.3. The molecule has 8 unspecified atom stereocenters. The van der Waals surface area contributed by atoms with E-state index < -0.39 is 169 Å². The van der Waals surface area contributed by atoms with Gasteiger partial charge in [-0.3, -0.25) is 37.4 Å². The molecule has 784 valence electrons. The van der Waals surface area contributed by atoms with Crippen LogP contribution in [0.4, 0.5) is 102 Å². The lowest BCUT2D eigenvalue weighted by atomic mass is 10.0. The summed E-state index contributed by atoms with van der Waals surface area (Å²) in [6, 6.07) is 46.7. The summed E-state index contributed by atoms with van der Waals surface area (Å²) in [7, 11) is 0. The average Bonchev–Trinajstić information content (AvgIpc) is 1.61. The molecule has 0 amide bonds. The quantitative estimate of drug-likeness (QED) is 0.0177. The van der Waals surface area contributed by atoms with Crippen LogP contribution in [0.25, 0.3) is 138 Å². The molecule has 0 bridgehead atoms. The number of carboxylic acids is 2. The molecule has 8 aromatic heterocycles. The second-order valence-corrected chi connectivity index (χ2v) is 33.6. The van der Waals surface area contributed by atoms with Gasteiger partial charge in [0.2, 0.25) is 11.6 Å². The van der Waals surface area contributed by atoms with E-state index in [4.69, 9.17) is 52.6 Å². The Bertz CT molecular complexity index is 7310. The number of imidazole rings is 4. The number of hydrogen-bond donors (Lipinski definition) is 12. The van der Waals surface area contributed by atoms with E-state index >= 15 is 0 Å². The van der Waals surface area contributed by atoms with Crippen LogP contribution >= 0.6 is 0 Å². The number of aliphatic hydroxyl groups excluding tert-OH is 6. The number of esters is 2. The maximum Gasteiger partial charge on any atom is 0.450 e.